The molecule has 3 unspecified atom stereocenters. The van der Waals surface area contributed by atoms with Crippen LogP contribution in [-0.4, -0.2) is 30.5 Å². The maximum Gasteiger partial charge on any atom is 0.0659 e. The molecule has 0 aromatic carbocycles. The first-order chi connectivity index (χ1) is 8.50. The monoisotopic (exact) mass is 255 g/mol. The first-order valence-electron chi connectivity index (χ1n) is 7.50. The Morgan fingerprint density at radius 1 is 1.33 bits per heavy atom. The molecule has 0 aromatic rings. The lowest BCUT2D eigenvalue weighted by Gasteiger charge is -2.36. The molecule has 1 aliphatic heterocycles. The predicted molar refractivity (Wildman–Crippen MR) is 73.3 cm³/mol. The quantitative estimate of drug-likeness (QED) is 0.793. The van der Waals surface area contributed by atoms with Crippen LogP contribution in [0, 0.1) is 10.8 Å². The summed E-state index contributed by atoms with van der Waals surface area (Å²) >= 11 is 0. The molecule has 1 saturated heterocycles. The van der Waals surface area contributed by atoms with Gasteiger partial charge in [-0.05, 0) is 43.9 Å². The molecule has 3 nitrogen and oxygen atoms in total. The van der Waals surface area contributed by atoms with Crippen LogP contribution in [0.15, 0.2) is 0 Å². The molecule has 1 aliphatic carbocycles. The van der Waals surface area contributed by atoms with Gasteiger partial charge >= 0.3 is 0 Å². The van der Waals surface area contributed by atoms with Crippen molar-refractivity contribution in [3.8, 4) is 0 Å². The molecule has 3 atom stereocenters. The van der Waals surface area contributed by atoms with Crippen molar-refractivity contribution < 1.29 is 9.84 Å². The lowest BCUT2D eigenvalue weighted by molar-refractivity contribution is -0.0121. The highest BCUT2D eigenvalue weighted by molar-refractivity contribution is 5.01. The third-order valence-electron chi connectivity index (χ3n) is 5.22. The first-order valence-corrected chi connectivity index (χ1v) is 7.50. The highest BCUT2D eigenvalue weighted by Gasteiger charge is 2.50. The Balaban J connectivity index is 1.85. The van der Waals surface area contributed by atoms with Crippen molar-refractivity contribution in [1.82, 2.24) is 0 Å². The fraction of sp³-hybridized carbons (Fsp3) is 1.00. The predicted octanol–water partition coefficient (Wildman–Crippen LogP) is 2.46. The van der Waals surface area contributed by atoms with E-state index in [2.05, 4.69) is 13.8 Å². The summed E-state index contributed by atoms with van der Waals surface area (Å²) in [7, 11) is 0. The van der Waals surface area contributed by atoms with Gasteiger partial charge in [-0.15, -0.1) is 0 Å². The smallest absolute Gasteiger partial charge is 0.0659 e. The maximum atomic E-state index is 10.5. The fourth-order valence-corrected chi connectivity index (χ4v) is 3.80. The summed E-state index contributed by atoms with van der Waals surface area (Å²) in [6, 6.07) is 0. The molecule has 0 spiro atoms. The van der Waals surface area contributed by atoms with E-state index >= 15 is 0 Å². The third kappa shape index (κ3) is 2.73. The van der Waals surface area contributed by atoms with Gasteiger partial charge in [-0.2, -0.15) is 0 Å². The topological polar surface area (TPSA) is 55.5 Å². The minimum Gasteiger partial charge on any atom is -0.392 e. The van der Waals surface area contributed by atoms with Crippen LogP contribution < -0.4 is 5.73 Å². The van der Waals surface area contributed by atoms with E-state index in [0.29, 0.717) is 12.6 Å². The second kappa shape index (κ2) is 5.48. The van der Waals surface area contributed by atoms with E-state index in [1.807, 2.05) is 0 Å². The van der Waals surface area contributed by atoms with E-state index in [4.69, 9.17) is 10.5 Å². The van der Waals surface area contributed by atoms with Gasteiger partial charge in [0.1, 0.15) is 0 Å². The van der Waals surface area contributed by atoms with Gasteiger partial charge in [-0.25, -0.2) is 0 Å². The van der Waals surface area contributed by atoms with Crippen LogP contribution in [0.1, 0.15) is 58.8 Å². The van der Waals surface area contributed by atoms with E-state index in [-0.39, 0.29) is 16.9 Å². The van der Waals surface area contributed by atoms with Crippen molar-refractivity contribution >= 4 is 0 Å². The van der Waals surface area contributed by atoms with Gasteiger partial charge in [0.2, 0.25) is 0 Å². The van der Waals surface area contributed by atoms with E-state index in [0.717, 1.165) is 38.7 Å². The minimum absolute atomic E-state index is 0.0310. The highest BCUT2D eigenvalue weighted by atomic mass is 16.5. The van der Waals surface area contributed by atoms with E-state index in [1.165, 1.54) is 12.8 Å². The van der Waals surface area contributed by atoms with E-state index in [1.54, 1.807) is 0 Å². The van der Waals surface area contributed by atoms with Crippen LogP contribution >= 0.6 is 0 Å². The zero-order valence-electron chi connectivity index (χ0n) is 12.0. The molecule has 1 saturated carbocycles. The Morgan fingerprint density at radius 3 is 2.61 bits per heavy atom. The summed E-state index contributed by atoms with van der Waals surface area (Å²) < 4.78 is 5.66. The number of hydrogen-bond acceptors (Lipinski definition) is 3. The van der Waals surface area contributed by atoms with Crippen LogP contribution in [0.5, 0.6) is 0 Å². The van der Waals surface area contributed by atoms with Crippen LogP contribution in [-0.2, 0) is 4.74 Å². The molecule has 0 radical (unpaired) electrons. The molecule has 2 rings (SSSR count). The second-order valence-electron chi connectivity index (χ2n) is 6.98. The van der Waals surface area contributed by atoms with Gasteiger partial charge in [0.15, 0.2) is 0 Å². The molecular formula is C15H29NO2. The summed E-state index contributed by atoms with van der Waals surface area (Å²) in [5.74, 6) is 0. The Hall–Kier alpha value is -0.120. The SMILES string of the molecule is CC1(C)CCC(CN)(CCCC2CCCO2)C1O. The van der Waals surface area contributed by atoms with Crippen molar-refractivity contribution in [3.63, 3.8) is 0 Å². The standard InChI is InChI=1S/C15H29NO2/c1-14(2)8-9-15(11-16,13(14)17)7-3-5-12-6-4-10-18-12/h12-13,17H,3-11,16H2,1-2H3. The van der Waals surface area contributed by atoms with Gasteiger partial charge in [0.25, 0.3) is 0 Å². The van der Waals surface area contributed by atoms with Gasteiger partial charge in [0, 0.05) is 18.6 Å². The summed E-state index contributed by atoms with van der Waals surface area (Å²) in [4.78, 5) is 0. The molecule has 3 heteroatoms. The molecule has 0 aromatic heterocycles. The van der Waals surface area contributed by atoms with Crippen LogP contribution in [0.2, 0.25) is 0 Å². The molecule has 0 bridgehead atoms. The average Bonchev–Trinajstić information content (AvgIpc) is 2.92. The molecule has 2 fully saturated rings. The number of hydrogen-bond donors (Lipinski definition) is 2. The summed E-state index contributed by atoms with van der Waals surface area (Å²) in [6.45, 7) is 5.87. The number of rotatable bonds is 5. The normalized spacial score (nSPS) is 39.3. The van der Waals surface area contributed by atoms with Crippen molar-refractivity contribution in [2.24, 2.45) is 16.6 Å². The second-order valence-corrected chi connectivity index (χ2v) is 6.98. The number of aliphatic hydroxyl groups is 1. The fourth-order valence-electron chi connectivity index (χ4n) is 3.80. The van der Waals surface area contributed by atoms with E-state index in [9.17, 15) is 5.11 Å². The third-order valence-corrected chi connectivity index (χ3v) is 5.22. The molecule has 106 valence electrons. The van der Waals surface area contributed by atoms with Crippen molar-refractivity contribution in [1.29, 1.82) is 0 Å². The lowest BCUT2D eigenvalue weighted by Crippen LogP contribution is -2.42. The average molecular weight is 255 g/mol. The van der Waals surface area contributed by atoms with Crippen LogP contribution in [0.4, 0.5) is 0 Å². The molecular weight excluding hydrogens is 226 g/mol. The van der Waals surface area contributed by atoms with Gasteiger partial charge < -0.3 is 15.6 Å². The lowest BCUT2D eigenvalue weighted by atomic mass is 9.75. The Labute approximate surface area is 111 Å². The Kier molecular flexibility index (Phi) is 4.35. The van der Waals surface area contributed by atoms with Gasteiger partial charge in [-0.3, -0.25) is 0 Å². The summed E-state index contributed by atoms with van der Waals surface area (Å²) in [6.07, 6.45) is 8.11. The van der Waals surface area contributed by atoms with Gasteiger partial charge in [-0.1, -0.05) is 20.3 Å². The van der Waals surface area contributed by atoms with Crippen LogP contribution in [0.3, 0.4) is 0 Å². The molecule has 18 heavy (non-hydrogen) atoms. The molecule has 0 amide bonds. The number of aliphatic hydroxyl groups excluding tert-OH is 1. The largest absolute Gasteiger partial charge is 0.392 e. The summed E-state index contributed by atoms with van der Waals surface area (Å²) in [5, 5.41) is 10.5. The van der Waals surface area contributed by atoms with Crippen molar-refractivity contribution in [2.45, 2.75) is 71.0 Å². The van der Waals surface area contributed by atoms with Crippen molar-refractivity contribution in [2.75, 3.05) is 13.2 Å². The highest BCUT2D eigenvalue weighted by Crippen LogP contribution is 2.51. The van der Waals surface area contributed by atoms with Crippen LogP contribution in [0.25, 0.3) is 0 Å². The molecule has 1 heterocycles. The summed E-state index contributed by atoms with van der Waals surface area (Å²) in [5.41, 5.74) is 5.97. The molecule has 3 N–H and O–H groups in total. The maximum absolute atomic E-state index is 10.5. The van der Waals surface area contributed by atoms with Gasteiger partial charge in [0.05, 0.1) is 12.2 Å². The Morgan fingerprint density at radius 2 is 2.11 bits per heavy atom. The number of nitrogens with two attached hydrogens (primary N) is 1. The zero-order chi connectivity index (χ0) is 13.2. The Bertz CT molecular complexity index is 274. The zero-order valence-corrected chi connectivity index (χ0v) is 12.0. The van der Waals surface area contributed by atoms with Crippen molar-refractivity contribution in [3.05, 3.63) is 0 Å². The number of ether oxygens (including phenoxy) is 1. The molecule has 2 aliphatic rings. The first kappa shape index (κ1) is 14.3. The minimum atomic E-state index is -0.250. The van der Waals surface area contributed by atoms with E-state index < -0.39 is 0 Å².